The third kappa shape index (κ3) is 3.53. The molecule has 1 aliphatic heterocycles. The van der Waals surface area contributed by atoms with Crippen molar-refractivity contribution in [2.75, 3.05) is 11.9 Å². The number of rotatable bonds is 4. The van der Waals surface area contributed by atoms with Crippen molar-refractivity contribution < 1.29 is 18.4 Å². The fraction of sp³-hybridized carbons (Fsp3) is 0.250. The summed E-state index contributed by atoms with van der Waals surface area (Å²) < 4.78 is 18.3. The number of furan rings is 1. The number of nitrogens with zero attached hydrogens (tertiary/aromatic N) is 1. The average Bonchev–Trinajstić information content (AvgIpc) is 3.14. The van der Waals surface area contributed by atoms with E-state index in [1.165, 1.54) is 18.2 Å². The maximum atomic E-state index is 13.1. The molecule has 0 unspecified atom stereocenters. The predicted molar refractivity (Wildman–Crippen MR) is 82.3 cm³/mol. The minimum atomic E-state index is -0.551. The van der Waals surface area contributed by atoms with Gasteiger partial charge in [-0.05, 0) is 30.3 Å². The normalized spacial score (nSPS) is 17.6. The molecule has 120 valence electrons. The standard InChI is InChI=1S/C16H14ClFN2O3/c17-13-7-11(3-4-14(13)18)19-16(22)10-6-15(21)20(8-10)9-12-2-1-5-23-12/h1-5,7,10H,6,8-9H2,(H,19,22)/t10-/m0/s1. The van der Waals surface area contributed by atoms with Crippen molar-refractivity contribution in [3.05, 3.63) is 53.2 Å². The lowest BCUT2D eigenvalue weighted by Gasteiger charge is -2.15. The molecule has 2 aromatic rings. The maximum Gasteiger partial charge on any atom is 0.229 e. The molecule has 1 aliphatic rings. The van der Waals surface area contributed by atoms with Crippen molar-refractivity contribution in [1.82, 2.24) is 4.90 Å². The number of carbonyl (C=O) groups is 2. The second kappa shape index (κ2) is 6.42. The molecule has 3 rings (SSSR count). The van der Waals surface area contributed by atoms with E-state index in [1.54, 1.807) is 23.3 Å². The Labute approximate surface area is 137 Å². The summed E-state index contributed by atoms with van der Waals surface area (Å²) in [7, 11) is 0. The zero-order chi connectivity index (χ0) is 16.4. The van der Waals surface area contributed by atoms with E-state index in [1.807, 2.05) is 0 Å². The van der Waals surface area contributed by atoms with Gasteiger partial charge in [-0.3, -0.25) is 9.59 Å². The Hall–Kier alpha value is -2.34. The van der Waals surface area contributed by atoms with Gasteiger partial charge in [0.25, 0.3) is 0 Å². The van der Waals surface area contributed by atoms with Crippen LogP contribution in [0.3, 0.4) is 0 Å². The third-order valence-electron chi connectivity index (χ3n) is 3.70. The number of carbonyl (C=O) groups excluding carboxylic acids is 2. The number of likely N-dealkylation sites (tertiary alicyclic amines) is 1. The van der Waals surface area contributed by atoms with Crippen molar-refractivity contribution in [3.63, 3.8) is 0 Å². The van der Waals surface area contributed by atoms with Gasteiger partial charge in [-0.15, -0.1) is 0 Å². The zero-order valence-electron chi connectivity index (χ0n) is 12.1. The van der Waals surface area contributed by atoms with Crippen molar-refractivity contribution in [2.24, 2.45) is 5.92 Å². The van der Waals surface area contributed by atoms with Gasteiger partial charge in [-0.25, -0.2) is 4.39 Å². The SMILES string of the molecule is O=C(Nc1ccc(F)c(Cl)c1)[C@H]1CC(=O)N(Cc2ccco2)C1. The van der Waals surface area contributed by atoms with Crippen LogP contribution in [-0.4, -0.2) is 23.3 Å². The molecule has 0 spiro atoms. The number of hydrogen-bond donors (Lipinski definition) is 1. The first kappa shape index (κ1) is 15.6. The molecule has 23 heavy (non-hydrogen) atoms. The second-order valence-corrected chi connectivity index (χ2v) is 5.78. The molecule has 2 amide bonds. The molecule has 1 atom stereocenters. The monoisotopic (exact) mass is 336 g/mol. The summed E-state index contributed by atoms with van der Waals surface area (Å²) in [5, 5.41) is 2.59. The summed E-state index contributed by atoms with van der Waals surface area (Å²) in [5.74, 6) is -0.724. The van der Waals surface area contributed by atoms with Crippen LogP contribution in [0.15, 0.2) is 41.0 Å². The van der Waals surface area contributed by atoms with Crippen LogP contribution in [0.4, 0.5) is 10.1 Å². The molecule has 0 aliphatic carbocycles. The molecule has 0 radical (unpaired) electrons. The molecule has 2 heterocycles. The smallest absolute Gasteiger partial charge is 0.229 e. The largest absolute Gasteiger partial charge is 0.467 e. The minimum absolute atomic E-state index is 0.0651. The maximum absolute atomic E-state index is 13.1. The van der Waals surface area contributed by atoms with Crippen LogP contribution in [0.25, 0.3) is 0 Å². The topological polar surface area (TPSA) is 62.6 Å². The van der Waals surface area contributed by atoms with Crippen LogP contribution < -0.4 is 5.32 Å². The van der Waals surface area contributed by atoms with Crippen LogP contribution in [0.1, 0.15) is 12.2 Å². The molecule has 1 aromatic carbocycles. The Kier molecular flexibility index (Phi) is 4.34. The lowest BCUT2D eigenvalue weighted by molar-refractivity contribution is -0.128. The van der Waals surface area contributed by atoms with Crippen molar-refractivity contribution in [1.29, 1.82) is 0 Å². The van der Waals surface area contributed by atoms with Gasteiger partial charge in [0.1, 0.15) is 11.6 Å². The van der Waals surface area contributed by atoms with Crippen LogP contribution >= 0.6 is 11.6 Å². The number of amides is 2. The van der Waals surface area contributed by atoms with Gasteiger partial charge in [-0.2, -0.15) is 0 Å². The summed E-state index contributed by atoms with van der Waals surface area (Å²) in [4.78, 5) is 25.8. The molecular weight excluding hydrogens is 323 g/mol. The van der Waals surface area contributed by atoms with Crippen molar-refractivity contribution >= 4 is 29.1 Å². The number of halogens is 2. The molecule has 5 nitrogen and oxygen atoms in total. The number of hydrogen-bond acceptors (Lipinski definition) is 3. The summed E-state index contributed by atoms with van der Waals surface area (Å²) in [6.45, 7) is 0.665. The highest BCUT2D eigenvalue weighted by Crippen LogP contribution is 2.24. The second-order valence-electron chi connectivity index (χ2n) is 5.37. The molecule has 0 bridgehead atoms. The minimum Gasteiger partial charge on any atom is -0.467 e. The average molecular weight is 337 g/mol. The summed E-state index contributed by atoms with van der Waals surface area (Å²) in [6.07, 6.45) is 1.68. The van der Waals surface area contributed by atoms with E-state index in [0.717, 1.165) is 0 Å². The zero-order valence-corrected chi connectivity index (χ0v) is 12.8. The highest BCUT2D eigenvalue weighted by Gasteiger charge is 2.34. The van der Waals surface area contributed by atoms with Crippen LogP contribution in [-0.2, 0) is 16.1 Å². The number of benzene rings is 1. The van der Waals surface area contributed by atoms with Gasteiger partial charge >= 0.3 is 0 Å². The fourth-order valence-electron chi connectivity index (χ4n) is 2.51. The molecular formula is C16H14ClFN2O3. The Morgan fingerprint density at radius 3 is 2.96 bits per heavy atom. The lowest BCUT2D eigenvalue weighted by atomic mass is 10.1. The quantitative estimate of drug-likeness (QED) is 0.933. The highest BCUT2D eigenvalue weighted by molar-refractivity contribution is 6.31. The molecule has 1 aromatic heterocycles. The molecule has 0 saturated carbocycles. The summed E-state index contributed by atoms with van der Waals surface area (Å²) in [6, 6.07) is 7.48. The van der Waals surface area contributed by atoms with Gasteiger partial charge in [0.15, 0.2) is 0 Å². The van der Waals surface area contributed by atoms with Gasteiger partial charge in [0.2, 0.25) is 11.8 Å². The van der Waals surface area contributed by atoms with E-state index in [9.17, 15) is 14.0 Å². The third-order valence-corrected chi connectivity index (χ3v) is 3.99. The predicted octanol–water partition coefficient (Wildman–Crippen LogP) is 3.06. The molecule has 1 fully saturated rings. The van der Waals surface area contributed by atoms with Crippen LogP contribution in [0, 0.1) is 11.7 Å². The fourth-order valence-corrected chi connectivity index (χ4v) is 2.69. The van der Waals surface area contributed by atoms with Crippen LogP contribution in [0.2, 0.25) is 5.02 Å². The first-order valence-electron chi connectivity index (χ1n) is 7.09. The van der Waals surface area contributed by atoms with Gasteiger partial charge in [-0.1, -0.05) is 11.6 Å². The summed E-state index contributed by atoms with van der Waals surface area (Å²) in [5.41, 5.74) is 0.401. The Balaban J connectivity index is 1.62. The molecule has 1 N–H and O–H groups in total. The first-order chi connectivity index (χ1) is 11.0. The van der Waals surface area contributed by atoms with E-state index in [4.69, 9.17) is 16.0 Å². The van der Waals surface area contributed by atoms with E-state index in [0.29, 0.717) is 24.5 Å². The van der Waals surface area contributed by atoms with Crippen molar-refractivity contribution in [3.8, 4) is 0 Å². The van der Waals surface area contributed by atoms with Gasteiger partial charge in [0.05, 0.1) is 23.7 Å². The van der Waals surface area contributed by atoms with E-state index in [-0.39, 0.29) is 23.3 Å². The number of anilines is 1. The Bertz CT molecular complexity index is 733. The summed E-state index contributed by atoms with van der Waals surface area (Å²) >= 11 is 5.68. The van der Waals surface area contributed by atoms with E-state index in [2.05, 4.69) is 5.32 Å². The van der Waals surface area contributed by atoms with Gasteiger partial charge in [0, 0.05) is 18.7 Å². The highest BCUT2D eigenvalue weighted by atomic mass is 35.5. The molecule has 1 saturated heterocycles. The first-order valence-corrected chi connectivity index (χ1v) is 7.47. The lowest BCUT2D eigenvalue weighted by Crippen LogP contribution is -2.27. The Morgan fingerprint density at radius 1 is 1.43 bits per heavy atom. The Morgan fingerprint density at radius 2 is 2.26 bits per heavy atom. The number of nitrogens with one attached hydrogen (secondary N) is 1. The van der Waals surface area contributed by atoms with Gasteiger partial charge < -0.3 is 14.6 Å². The van der Waals surface area contributed by atoms with Crippen LogP contribution in [0.5, 0.6) is 0 Å². The van der Waals surface area contributed by atoms with E-state index >= 15 is 0 Å². The molecule has 7 heteroatoms. The van der Waals surface area contributed by atoms with Crippen molar-refractivity contribution in [2.45, 2.75) is 13.0 Å². The van der Waals surface area contributed by atoms with E-state index < -0.39 is 11.7 Å².